The number of ether oxygens (including phenoxy) is 1. The Hall–Kier alpha value is -1.51. The summed E-state index contributed by atoms with van der Waals surface area (Å²) < 4.78 is 5.74. The molecule has 0 radical (unpaired) electrons. The molecule has 104 valence electrons. The molecule has 3 nitrogen and oxygen atoms in total. The Balaban J connectivity index is 1.81. The number of rotatable bonds is 6. The van der Waals surface area contributed by atoms with Crippen LogP contribution in [-0.4, -0.2) is 12.5 Å². The van der Waals surface area contributed by atoms with E-state index in [0.29, 0.717) is 6.42 Å². The van der Waals surface area contributed by atoms with Crippen LogP contribution in [-0.2, 0) is 11.2 Å². The van der Waals surface area contributed by atoms with E-state index in [0.717, 1.165) is 36.8 Å². The van der Waals surface area contributed by atoms with Gasteiger partial charge in [-0.05, 0) is 36.8 Å². The van der Waals surface area contributed by atoms with E-state index in [9.17, 15) is 4.79 Å². The molecular weight excluding hydrogens is 238 g/mol. The molecule has 0 unspecified atom stereocenters. The Morgan fingerprint density at radius 2 is 2.11 bits per heavy atom. The lowest BCUT2D eigenvalue weighted by Gasteiger charge is -2.17. The van der Waals surface area contributed by atoms with Gasteiger partial charge in [-0.1, -0.05) is 26.3 Å². The van der Waals surface area contributed by atoms with Gasteiger partial charge in [0.05, 0.1) is 6.61 Å². The number of hydrogen-bond donors (Lipinski definition) is 1. The molecule has 1 amide bonds. The molecule has 3 heteroatoms. The smallest absolute Gasteiger partial charge is 0.224 e. The first-order chi connectivity index (χ1) is 9.15. The first kappa shape index (κ1) is 13.9. The van der Waals surface area contributed by atoms with E-state index < -0.39 is 0 Å². The summed E-state index contributed by atoms with van der Waals surface area (Å²) in [4.78, 5) is 11.3. The number of unbranched alkanes of at least 4 members (excludes halogenated alkanes) is 1. The molecular formula is C16H23NO2. The number of fused-ring (bicyclic) bond motifs is 1. The molecule has 0 atom stereocenters. The van der Waals surface area contributed by atoms with Crippen LogP contribution in [0.5, 0.6) is 5.75 Å². The molecule has 2 rings (SSSR count). The fourth-order valence-electron chi connectivity index (χ4n) is 2.29. The van der Waals surface area contributed by atoms with Gasteiger partial charge in [-0.25, -0.2) is 0 Å². The van der Waals surface area contributed by atoms with Gasteiger partial charge in [0.1, 0.15) is 5.75 Å². The van der Waals surface area contributed by atoms with Gasteiger partial charge >= 0.3 is 0 Å². The predicted molar refractivity (Wildman–Crippen MR) is 77.6 cm³/mol. The third-order valence-electron chi connectivity index (χ3n) is 3.42. The van der Waals surface area contributed by atoms with Crippen LogP contribution in [0.4, 0.5) is 5.69 Å². The van der Waals surface area contributed by atoms with Crippen LogP contribution >= 0.6 is 0 Å². The van der Waals surface area contributed by atoms with E-state index >= 15 is 0 Å². The van der Waals surface area contributed by atoms with Gasteiger partial charge in [0.15, 0.2) is 0 Å². The van der Waals surface area contributed by atoms with Crippen LogP contribution in [0.2, 0.25) is 0 Å². The van der Waals surface area contributed by atoms with Crippen molar-refractivity contribution in [3.63, 3.8) is 0 Å². The summed E-state index contributed by atoms with van der Waals surface area (Å²) in [5.74, 6) is 1.71. The molecule has 0 saturated carbocycles. The van der Waals surface area contributed by atoms with Gasteiger partial charge in [-0.2, -0.15) is 0 Å². The Kier molecular flexibility index (Phi) is 4.83. The first-order valence-corrected chi connectivity index (χ1v) is 7.21. The Morgan fingerprint density at radius 1 is 1.26 bits per heavy atom. The number of aryl methyl sites for hydroxylation is 1. The van der Waals surface area contributed by atoms with Crippen LogP contribution < -0.4 is 10.1 Å². The zero-order valence-corrected chi connectivity index (χ0v) is 11.9. The van der Waals surface area contributed by atoms with Crippen molar-refractivity contribution in [3.8, 4) is 5.75 Å². The Bertz CT molecular complexity index is 440. The second kappa shape index (κ2) is 6.60. The molecule has 1 heterocycles. The lowest BCUT2D eigenvalue weighted by atomic mass is 10.0. The summed E-state index contributed by atoms with van der Waals surface area (Å²) in [5, 5.41) is 2.90. The van der Waals surface area contributed by atoms with Crippen LogP contribution in [0.15, 0.2) is 18.2 Å². The maximum absolute atomic E-state index is 11.3. The minimum absolute atomic E-state index is 0.0987. The third kappa shape index (κ3) is 4.27. The highest BCUT2D eigenvalue weighted by molar-refractivity contribution is 5.94. The van der Waals surface area contributed by atoms with Crippen LogP contribution in [0, 0.1) is 5.92 Å². The summed E-state index contributed by atoms with van der Waals surface area (Å²) >= 11 is 0. The van der Waals surface area contributed by atoms with Gasteiger partial charge in [0, 0.05) is 18.2 Å². The van der Waals surface area contributed by atoms with Crippen molar-refractivity contribution in [2.24, 2.45) is 5.92 Å². The molecule has 1 N–H and O–H groups in total. The molecule has 0 bridgehead atoms. The maximum atomic E-state index is 11.3. The number of carbonyl (C=O) groups is 1. The van der Waals surface area contributed by atoms with Crippen molar-refractivity contribution >= 4 is 11.6 Å². The summed E-state index contributed by atoms with van der Waals surface area (Å²) in [7, 11) is 0. The average Bonchev–Trinajstić information content (AvgIpc) is 2.37. The van der Waals surface area contributed by atoms with Crippen LogP contribution in [0.25, 0.3) is 0 Å². The third-order valence-corrected chi connectivity index (χ3v) is 3.42. The molecule has 19 heavy (non-hydrogen) atoms. The zero-order valence-electron chi connectivity index (χ0n) is 11.9. The molecule has 0 aromatic heterocycles. The first-order valence-electron chi connectivity index (χ1n) is 7.21. The maximum Gasteiger partial charge on any atom is 0.224 e. The lowest BCUT2D eigenvalue weighted by molar-refractivity contribution is -0.116. The summed E-state index contributed by atoms with van der Waals surface area (Å²) in [5.41, 5.74) is 2.11. The fourth-order valence-corrected chi connectivity index (χ4v) is 2.29. The zero-order chi connectivity index (χ0) is 13.7. The highest BCUT2D eigenvalue weighted by atomic mass is 16.5. The summed E-state index contributed by atoms with van der Waals surface area (Å²) in [6, 6.07) is 5.99. The van der Waals surface area contributed by atoms with E-state index in [1.807, 2.05) is 12.1 Å². The molecule has 0 aliphatic carbocycles. The summed E-state index contributed by atoms with van der Waals surface area (Å²) in [6.07, 6.45) is 4.96. The average molecular weight is 261 g/mol. The molecule has 0 spiro atoms. The summed E-state index contributed by atoms with van der Waals surface area (Å²) in [6.45, 7) is 5.24. The van der Waals surface area contributed by atoms with Crippen molar-refractivity contribution in [1.82, 2.24) is 0 Å². The Labute approximate surface area is 115 Å². The van der Waals surface area contributed by atoms with E-state index in [2.05, 4.69) is 25.2 Å². The van der Waals surface area contributed by atoms with Crippen molar-refractivity contribution in [2.75, 3.05) is 11.9 Å². The molecule has 0 fully saturated rings. The van der Waals surface area contributed by atoms with Gasteiger partial charge in [0.25, 0.3) is 0 Å². The minimum atomic E-state index is 0.0987. The van der Waals surface area contributed by atoms with Gasteiger partial charge in [-0.15, -0.1) is 0 Å². The second-order valence-electron chi connectivity index (χ2n) is 5.61. The van der Waals surface area contributed by atoms with Gasteiger partial charge < -0.3 is 10.1 Å². The quantitative estimate of drug-likeness (QED) is 0.791. The molecule has 1 aliphatic heterocycles. The molecule has 0 saturated heterocycles. The van der Waals surface area contributed by atoms with Crippen LogP contribution in [0.1, 0.15) is 45.1 Å². The predicted octanol–water partition coefficient (Wildman–Crippen LogP) is 3.78. The second-order valence-corrected chi connectivity index (χ2v) is 5.61. The lowest BCUT2D eigenvalue weighted by Crippen LogP contribution is -2.18. The number of nitrogens with one attached hydrogen (secondary N) is 1. The number of carbonyl (C=O) groups excluding carboxylic acids is 1. The van der Waals surface area contributed by atoms with E-state index in [-0.39, 0.29) is 5.91 Å². The molecule has 1 aliphatic rings. The number of anilines is 1. The van der Waals surface area contributed by atoms with Crippen molar-refractivity contribution in [2.45, 2.75) is 46.0 Å². The largest absolute Gasteiger partial charge is 0.494 e. The van der Waals surface area contributed by atoms with Crippen molar-refractivity contribution in [3.05, 3.63) is 23.8 Å². The van der Waals surface area contributed by atoms with E-state index in [1.165, 1.54) is 18.4 Å². The van der Waals surface area contributed by atoms with Crippen LogP contribution in [0.3, 0.4) is 0 Å². The molecule has 1 aromatic rings. The monoisotopic (exact) mass is 261 g/mol. The number of amides is 1. The highest BCUT2D eigenvalue weighted by Gasteiger charge is 2.14. The minimum Gasteiger partial charge on any atom is -0.494 e. The van der Waals surface area contributed by atoms with Crippen molar-refractivity contribution in [1.29, 1.82) is 0 Å². The van der Waals surface area contributed by atoms with Crippen molar-refractivity contribution < 1.29 is 9.53 Å². The number of hydrogen-bond acceptors (Lipinski definition) is 2. The topological polar surface area (TPSA) is 38.3 Å². The van der Waals surface area contributed by atoms with E-state index in [4.69, 9.17) is 4.74 Å². The van der Waals surface area contributed by atoms with Gasteiger partial charge in [-0.3, -0.25) is 4.79 Å². The SMILES string of the molecule is CC(C)CCCCOc1ccc2c(c1)NC(=O)CC2. The standard InChI is InChI=1S/C16H23NO2/c1-12(2)5-3-4-10-19-14-8-6-13-7-9-16(18)17-15(13)11-14/h6,8,11-12H,3-5,7,9-10H2,1-2H3,(H,17,18). The van der Waals surface area contributed by atoms with Gasteiger partial charge in [0.2, 0.25) is 5.91 Å². The normalized spacial score (nSPS) is 14.2. The fraction of sp³-hybridized carbons (Fsp3) is 0.562. The number of benzene rings is 1. The highest BCUT2D eigenvalue weighted by Crippen LogP contribution is 2.27. The molecule has 1 aromatic carbocycles. The van der Waals surface area contributed by atoms with E-state index in [1.54, 1.807) is 0 Å². The Morgan fingerprint density at radius 3 is 2.89 bits per heavy atom.